The van der Waals surface area contributed by atoms with Gasteiger partial charge in [0.05, 0.1) is 23.9 Å². The van der Waals surface area contributed by atoms with E-state index in [9.17, 15) is 4.79 Å². The molecule has 0 amide bonds. The average molecular weight is 385 g/mol. The highest BCUT2D eigenvalue weighted by Crippen LogP contribution is 2.31. The molecule has 6 heteroatoms. The molecule has 0 aliphatic carbocycles. The van der Waals surface area contributed by atoms with Gasteiger partial charge in [-0.25, -0.2) is 4.98 Å². The standard InChI is InChI=1S/C20H20N2O2S2/c1-5-7-16-13(3)17-18(26-16)21-20(25-12-6-2)22(19(17)23)14-8-10-15(24-4)11-9-14/h2,8-11H,5,7,12H2,1,3-4H3. The summed E-state index contributed by atoms with van der Waals surface area (Å²) in [6.45, 7) is 4.15. The lowest BCUT2D eigenvalue weighted by Gasteiger charge is -2.12. The molecular formula is C20H20N2O2S2. The summed E-state index contributed by atoms with van der Waals surface area (Å²) < 4.78 is 6.87. The van der Waals surface area contributed by atoms with Crippen molar-refractivity contribution in [1.82, 2.24) is 9.55 Å². The van der Waals surface area contributed by atoms with Crippen molar-refractivity contribution in [1.29, 1.82) is 0 Å². The number of methoxy groups -OCH3 is 1. The van der Waals surface area contributed by atoms with Crippen LogP contribution in [0.2, 0.25) is 0 Å². The molecule has 4 nitrogen and oxygen atoms in total. The van der Waals surface area contributed by atoms with Crippen molar-refractivity contribution in [3.8, 4) is 23.8 Å². The van der Waals surface area contributed by atoms with Gasteiger partial charge in [-0.05, 0) is 43.2 Å². The maximum atomic E-state index is 13.3. The molecule has 1 aromatic carbocycles. The summed E-state index contributed by atoms with van der Waals surface area (Å²) in [5.41, 5.74) is 1.75. The van der Waals surface area contributed by atoms with Crippen molar-refractivity contribution < 1.29 is 4.74 Å². The number of aryl methyl sites for hydroxylation is 2. The molecule has 0 saturated carbocycles. The topological polar surface area (TPSA) is 44.1 Å². The van der Waals surface area contributed by atoms with Gasteiger partial charge in [-0.15, -0.1) is 17.8 Å². The number of hydrogen-bond donors (Lipinski definition) is 0. The van der Waals surface area contributed by atoms with Crippen molar-refractivity contribution in [2.45, 2.75) is 31.8 Å². The van der Waals surface area contributed by atoms with E-state index in [2.05, 4.69) is 12.8 Å². The van der Waals surface area contributed by atoms with E-state index in [1.165, 1.54) is 16.6 Å². The maximum Gasteiger partial charge on any atom is 0.267 e. The van der Waals surface area contributed by atoms with Crippen LogP contribution in [-0.2, 0) is 6.42 Å². The summed E-state index contributed by atoms with van der Waals surface area (Å²) in [6, 6.07) is 7.40. The van der Waals surface area contributed by atoms with Gasteiger partial charge in [0.25, 0.3) is 5.56 Å². The Bertz CT molecular complexity index is 1030. The molecule has 3 rings (SSSR count). The van der Waals surface area contributed by atoms with Gasteiger partial charge >= 0.3 is 0 Å². The van der Waals surface area contributed by atoms with Crippen LogP contribution >= 0.6 is 23.1 Å². The lowest BCUT2D eigenvalue weighted by molar-refractivity contribution is 0.414. The summed E-state index contributed by atoms with van der Waals surface area (Å²) in [5, 5.41) is 1.33. The van der Waals surface area contributed by atoms with E-state index in [0.717, 1.165) is 34.7 Å². The number of benzene rings is 1. The van der Waals surface area contributed by atoms with Gasteiger partial charge in [0.2, 0.25) is 0 Å². The highest BCUT2D eigenvalue weighted by molar-refractivity contribution is 7.99. The third-order valence-electron chi connectivity index (χ3n) is 4.12. The summed E-state index contributed by atoms with van der Waals surface area (Å²) in [5.74, 6) is 3.81. The fraction of sp³-hybridized carbons (Fsp3) is 0.300. The van der Waals surface area contributed by atoms with E-state index < -0.39 is 0 Å². The molecule has 0 bridgehead atoms. The number of terminal acetylenes is 1. The van der Waals surface area contributed by atoms with Crippen LogP contribution in [0, 0.1) is 19.3 Å². The molecule has 0 aliphatic rings. The van der Waals surface area contributed by atoms with Crippen molar-refractivity contribution in [3.05, 3.63) is 45.1 Å². The Kier molecular flexibility index (Phi) is 5.70. The van der Waals surface area contributed by atoms with Crippen LogP contribution in [-0.4, -0.2) is 22.4 Å². The summed E-state index contributed by atoms with van der Waals surface area (Å²) in [6.07, 6.45) is 7.42. The second-order valence-electron chi connectivity index (χ2n) is 5.81. The zero-order chi connectivity index (χ0) is 18.7. The monoisotopic (exact) mass is 384 g/mol. The molecule has 0 spiro atoms. The fourth-order valence-electron chi connectivity index (χ4n) is 2.84. The predicted molar refractivity (Wildman–Crippen MR) is 110 cm³/mol. The average Bonchev–Trinajstić information content (AvgIpc) is 2.96. The van der Waals surface area contributed by atoms with Gasteiger partial charge in [-0.3, -0.25) is 9.36 Å². The van der Waals surface area contributed by atoms with Gasteiger partial charge in [0.1, 0.15) is 10.6 Å². The van der Waals surface area contributed by atoms with E-state index in [1.54, 1.807) is 23.0 Å². The minimum atomic E-state index is -0.0456. The minimum Gasteiger partial charge on any atom is -0.497 e. The second-order valence-corrected chi connectivity index (χ2v) is 7.83. The van der Waals surface area contributed by atoms with Crippen molar-refractivity contribution in [3.63, 3.8) is 0 Å². The molecule has 2 aromatic heterocycles. The number of hydrogen-bond acceptors (Lipinski definition) is 5. The first-order valence-corrected chi connectivity index (χ1v) is 10.2. The third kappa shape index (κ3) is 3.37. The molecule has 0 saturated heterocycles. The molecule has 3 aromatic rings. The van der Waals surface area contributed by atoms with Crippen LogP contribution in [0.5, 0.6) is 5.75 Å². The Morgan fingerprint density at radius 1 is 1.35 bits per heavy atom. The third-order valence-corrected chi connectivity index (χ3v) is 6.21. The maximum absolute atomic E-state index is 13.3. The Morgan fingerprint density at radius 2 is 2.08 bits per heavy atom. The molecule has 0 radical (unpaired) electrons. The highest BCUT2D eigenvalue weighted by atomic mass is 32.2. The Labute approximate surface area is 161 Å². The van der Waals surface area contributed by atoms with Crippen LogP contribution in [0.15, 0.2) is 34.2 Å². The molecular weight excluding hydrogens is 364 g/mol. The molecule has 0 N–H and O–H groups in total. The highest BCUT2D eigenvalue weighted by Gasteiger charge is 2.18. The number of thioether (sulfide) groups is 1. The molecule has 0 fully saturated rings. The molecule has 26 heavy (non-hydrogen) atoms. The van der Waals surface area contributed by atoms with E-state index in [1.807, 2.05) is 31.2 Å². The van der Waals surface area contributed by atoms with Crippen LogP contribution in [0.3, 0.4) is 0 Å². The summed E-state index contributed by atoms with van der Waals surface area (Å²) in [7, 11) is 1.62. The number of ether oxygens (including phenoxy) is 1. The lowest BCUT2D eigenvalue weighted by Crippen LogP contribution is -2.21. The minimum absolute atomic E-state index is 0.0456. The molecule has 134 valence electrons. The fourth-order valence-corrected chi connectivity index (χ4v) is 4.85. The zero-order valence-corrected chi connectivity index (χ0v) is 16.7. The SMILES string of the molecule is C#CCSc1nc2sc(CCC)c(C)c2c(=O)n1-c1ccc(OC)cc1. The van der Waals surface area contributed by atoms with Crippen LogP contribution in [0.4, 0.5) is 0 Å². The van der Waals surface area contributed by atoms with Crippen LogP contribution in [0.25, 0.3) is 15.9 Å². The number of aromatic nitrogens is 2. The summed E-state index contributed by atoms with van der Waals surface area (Å²) >= 11 is 3.01. The first-order valence-electron chi connectivity index (χ1n) is 8.36. The van der Waals surface area contributed by atoms with Crippen LogP contribution < -0.4 is 10.3 Å². The van der Waals surface area contributed by atoms with Gasteiger partial charge in [-0.1, -0.05) is 31.0 Å². The predicted octanol–water partition coefficient (Wildman–Crippen LogP) is 4.44. The number of fused-ring (bicyclic) bond motifs is 1. The molecule has 0 unspecified atom stereocenters. The van der Waals surface area contributed by atoms with Gasteiger partial charge < -0.3 is 4.74 Å². The Balaban J connectivity index is 2.26. The number of rotatable bonds is 6. The summed E-state index contributed by atoms with van der Waals surface area (Å²) in [4.78, 5) is 20.1. The molecule has 2 heterocycles. The van der Waals surface area contributed by atoms with Crippen molar-refractivity contribution in [2.24, 2.45) is 0 Å². The van der Waals surface area contributed by atoms with E-state index in [0.29, 0.717) is 16.3 Å². The first kappa shape index (κ1) is 18.6. The zero-order valence-electron chi connectivity index (χ0n) is 15.0. The van der Waals surface area contributed by atoms with Gasteiger partial charge in [0, 0.05) is 4.88 Å². The normalized spacial score (nSPS) is 10.8. The number of thiophene rings is 1. The number of nitrogens with zero attached hydrogens (tertiary/aromatic N) is 2. The lowest BCUT2D eigenvalue weighted by atomic mass is 10.1. The van der Waals surface area contributed by atoms with Gasteiger partial charge in [-0.2, -0.15) is 0 Å². The van der Waals surface area contributed by atoms with Crippen LogP contribution in [0.1, 0.15) is 23.8 Å². The van der Waals surface area contributed by atoms with E-state index in [-0.39, 0.29) is 5.56 Å². The van der Waals surface area contributed by atoms with Gasteiger partial charge in [0.15, 0.2) is 5.16 Å². The van der Waals surface area contributed by atoms with E-state index in [4.69, 9.17) is 16.1 Å². The quantitative estimate of drug-likeness (QED) is 0.358. The van der Waals surface area contributed by atoms with Crippen molar-refractivity contribution >= 4 is 33.3 Å². The second kappa shape index (κ2) is 7.98. The Morgan fingerprint density at radius 3 is 2.69 bits per heavy atom. The molecule has 0 atom stereocenters. The first-order chi connectivity index (χ1) is 12.6. The van der Waals surface area contributed by atoms with Crippen molar-refractivity contribution in [2.75, 3.05) is 12.9 Å². The largest absolute Gasteiger partial charge is 0.497 e. The van der Waals surface area contributed by atoms with E-state index >= 15 is 0 Å². The smallest absolute Gasteiger partial charge is 0.267 e. The molecule has 0 aliphatic heterocycles. The Hall–Kier alpha value is -2.23.